The Balaban J connectivity index is 1.33. The Kier molecular flexibility index (Phi) is 5.27. The molecular weight excluding hydrogens is 486 g/mol. The number of carbonyl (C=O) groups is 2. The predicted molar refractivity (Wildman–Crippen MR) is 157 cm³/mol. The number of Topliss-reactive ketones (excluding diaryl/α,β-unsaturated/α-hetero) is 2. The molecule has 6 aromatic rings. The molecular formula is C34H21NO2S. The molecule has 0 aliphatic heterocycles. The van der Waals surface area contributed by atoms with Gasteiger partial charge >= 0.3 is 0 Å². The van der Waals surface area contributed by atoms with Gasteiger partial charge in [-0.15, -0.1) is 11.3 Å². The van der Waals surface area contributed by atoms with Crippen molar-refractivity contribution in [2.45, 2.75) is 0 Å². The van der Waals surface area contributed by atoms with E-state index in [1.807, 2.05) is 60.7 Å². The monoisotopic (exact) mass is 507 g/mol. The summed E-state index contributed by atoms with van der Waals surface area (Å²) in [6, 6.07) is 40.3. The Morgan fingerprint density at radius 1 is 0.579 bits per heavy atom. The molecule has 5 aromatic carbocycles. The Labute approximate surface area is 223 Å². The van der Waals surface area contributed by atoms with Gasteiger partial charge in [-0.1, -0.05) is 84.9 Å². The highest BCUT2D eigenvalue weighted by atomic mass is 32.1. The molecule has 0 N–H and O–H groups in total. The number of ketones is 2. The molecule has 0 fully saturated rings. The molecule has 1 aliphatic carbocycles. The van der Waals surface area contributed by atoms with Crippen molar-refractivity contribution in [3.63, 3.8) is 0 Å². The van der Waals surface area contributed by atoms with E-state index in [2.05, 4.69) is 59.5 Å². The van der Waals surface area contributed by atoms with Crippen LogP contribution in [0.1, 0.15) is 25.6 Å². The smallest absolute Gasteiger partial charge is 0.198 e. The zero-order valence-electron chi connectivity index (χ0n) is 20.3. The normalized spacial score (nSPS) is 13.9. The Bertz CT molecular complexity index is 1910. The standard InChI is InChI=1S/C34H21NO2S/c36-33-28-19-17-23-10-5-7-15-27(23)32(28)34(37)29(33)21-25-18-20-31(38-25)35(24-12-2-1-3-13-24)30-16-8-11-22-9-4-6-14-26(22)30/h1-21H/b29-21-. The number of para-hydroxylation sites is 1. The molecule has 0 saturated carbocycles. The van der Waals surface area contributed by atoms with Crippen molar-refractivity contribution >= 4 is 66.9 Å². The summed E-state index contributed by atoms with van der Waals surface area (Å²) in [5.41, 5.74) is 3.33. The molecule has 0 bridgehead atoms. The molecule has 0 amide bonds. The van der Waals surface area contributed by atoms with Crippen molar-refractivity contribution in [2.24, 2.45) is 0 Å². The molecule has 0 spiro atoms. The van der Waals surface area contributed by atoms with Crippen LogP contribution in [0.15, 0.2) is 127 Å². The summed E-state index contributed by atoms with van der Waals surface area (Å²) in [6.07, 6.45) is 1.75. The number of anilines is 3. The van der Waals surface area contributed by atoms with Gasteiger partial charge in [-0.3, -0.25) is 9.59 Å². The minimum Gasteiger partial charge on any atom is -0.301 e. The van der Waals surface area contributed by atoms with Crippen molar-refractivity contribution in [1.29, 1.82) is 0 Å². The number of carbonyl (C=O) groups excluding carboxylic acids is 2. The third-order valence-corrected chi connectivity index (χ3v) is 8.05. The van der Waals surface area contributed by atoms with Crippen LogP contribution >= 0.6 is 11.3 Å². The second kappa shape index (κ2) is 8.94. The van der Waals surface area contributed by atoms with E-state index in [-0.39, 0.29) is 17.1 Å². The van der Waals surface area contributed by atoms with Crippen molar-refractivity contribution in [1.82, 2.24) is 0 Å². The summed E-state index contributed by atoms with van der Waals surface area (Å²) in [7, 11) is 0. The van der Waals surface area contributed by atoms with E-state index in [9.17, 15) is 9.59 Å². The lowest BCUT2D eigenvalue weighted by Gasteiger charge is -2.25. The first kappa shape index (κ1) is 22.4. The van der Waals surface area contributed by atoms with Crippen LogP contribution in [0.4, 0.5) is 16.4 Å². The van der Waals surface area contributed by atoms with Gasteiger partial charge in [0.15, 0.2) is 11.6 Å². The van der Waals surface area contributed by atoms with Gasteiger partial charge in [0, 0.05) is 27.1 Å². The molecule has 0 atom stereocenters. The van der Waals surface area contributed by atoms with Crippen LogP contribution in [0.2, 0.25) is 0 Å². The van der Waals surface area contributed by atoms with Crippen LogP contribution in [0, 0.1) is 0 Å². The van der Waals surface area contributed by atoms with E-state index in [4.69, 9.17) is 0 Å². The number of nitrogens with zero attached hydrogens (tertiary/aromatic N) is 1. The third kappa shape index (κ3) is 3.58. The topological polar surface area (TPSA) is 37.4 Å². The van der Waals surface area contributed by atoms with Gasteiger partial charge in [-0.05, 0) is 58.6 Å². The van der Waals surface area contributed by atoms with Gasteiger partial charge in [-0.2, -0.15) is 0 Å². The van der Waals surface area contributed by atoms with Gasteiger partial charge in [0.25, 0.3) is 0 Å². The fourth-order valence-electron chi connectivity index (χ4n) is 5.27. The highest BCUT2D eigenvalue weighted by Crippen LogP contribution is 2.43. The molecule has 4 heteroatoms. The number of fused-ring (bicyclic) bond motifs is 4. The van der Waals surface area contributed by atoms with E-state index < -0.39 is 0 Å². The Morgan fingerprint density at radius 3 is 2.08 bits per heavy atom. The second-order valence-electron chi connectivity index (χ2n) is 9.27. The number of thiophene rings is 1. The average Bonchev–Trinajstić information content (AvgIpc) is 3.52. The lowest BCUT2D eigenvalue weighted by molar-refractivity contribution is 0.0991. The highest BCUT2D eigenvalue weighted by Gasteiger charge is 2.34. The van der Waals surface area contributed by atoms with Crippen LogP contribution in [0.3, 0.4) is 0 Å². The number of hydrogen-bond acceptors (Lipinski definition) is 4. The molecule has 3 nitrogen and oxygen atoms in total. The molecule has 180 valence electrons. The van der Waals surface area contributed by atoms with Gasteiger partial charge in [0.1, 0.15) is 5.00 Å². The number of allylic oxidation sites excluding steroid dienone is 1. The fraction of sp³-hybridized carbons (Fsp3) is 0. The highest BCUT2D eigenvalue weighted by molar-refractivity contribution is 7.17. The van der Waals surface area contributed by atoms with Gasteiger partial charge in [0.2, 0.25) is 0 Å². The first-order valence-electron chi connectivity index (χ1n) is 12.4. The Hall–Kier alpha value is -4.80. The summed E-state index contributed by atoms with van der Waals surface area (Å²) in [4.78, 5) is 29.8. The summed E-state index contributed by atoms with van der Waals surface area (Å²) < 4.78 is 0. The molecule has 7 rings (SSSR count). The minimum absolute atomic E-state index is 0.203. The maximum Gasteiger partial charge on any atom is 0.198 e. The zero-order valence-corrected chi connectivity index (χ0v) is 21.1. The minimum atomic E-state index is -0.209. The number of benzene rings is 5. The van der Waals surface area contributed by atoms with Crippen LogP contribution < -0.4 is 4.90 Å². The molecule has 0 unspecified atom stereocenters. The van der Waals surface area contributed by atoms with Crippen molar-refractivity contribution in [3.05, 3.63) is 143 Å². The summed E-state index contributed by atoms with van der Waals surface area (Å²) in [6.45, 7) is 0. The third-order valence-electron chi connectivity index (χ3n) is 7.03. The first-order valence-corrected chi connectivity index (χ1v) is 13.3. The SMILES string of the molecule is O=C1/C(=C/c2ccc(N(c3ccccc3)c3cccc4ccccc34)s2)C(=O)c2c1ccc1ccccc21. The van der Waals surface area contributed by atoms with E-state index in [1.54, 1.807) is 23.5 Å². The maximum absolute atomic E-state index is 13.5. The first-order chi connectivity index (χ1) is 18.7. The van der Waals surface area contributed by atoms with Crippen molar-refractivity contribution < 1.29 is 9.59 Å². The van der Waals surface area contributed by atoms with Gasteiger partial charge < -0.3 is 4.90 Å². The van der Waals surface area contributed by atoms with E-state index in [0.29, 0.717) is 11.1 Å². The van der Waals surface area contributed by atoms with Gasteiger partial charge in [0.05, 0.1) is 11.3 Å². The molecule has 0 radical (unpaired) electrons. The molecule has 0 saturated heterocycles. The predicted octanol–water partition coefficient (Wildman–Crippen LogP) is 8.99. The van der Waals surface area contributed by atoms with Crippen LogP contribution in [-0.4, -0.2) is 11.6 Å². The van der Waals surface area contributed by atoms with Crippen molar-refractivity contribution in [3.8, 4) is 0 Å². The fourth-order valence-corrected chi connectivity index (χ4v) is 6.25. The maximum atomic E-state index is 13.5. The molecule has 1 heterocycles. The largest absolute Gasteiger partial charge is 0.301 e. The lowest BCUT2D eigenvalue weighted by atomic mass is 10.0. The lowest BCUT2D eigenvalue weighted by Crippen LogP contribution is -2.08. The molecule has 38 heavy (non-hydrogen) atoms. The number of hydrogen-bond donors (Lipinski definition) is 0. The van der Waals surface area contributed by atoms with Gasteiger partial charge in [-0.25, -0.2) is 0 Å². The summed E-state index contributed by atoms with van der Waals surface area (Å²) >= 11 is 1.56. The summed E-state index contributed by atoms with van der Waals surface area (Å²) in [5.74, 6) is -0.412. The van der Waals surface area contributed by atoms with Crippen LogP contribution in [0.25, 0.3) is 27.6 Å². The molecule has 1 aliphatic rings. The van der Waals surface area contributed by atoms with E-state index in [1.165, 1.54) is 0 Å². The van der Waals surface area contributed by atoms with Crippen LogP contribution in [0.5, 0.6) is 0 Å². The van der Waals surface area contributed by atoms with E-state index >= 15 is 0 Å². The Morgan fingerprint density at radius 2 is 1.26 bits per heavy atom. The molecule has 1 aromatic heterocycles. The second-order valence-corrected chi connectivity index (χ2v) is 10.4. The summed E-state index contributed by atoms with van der Waals surface area (Å²) in [5, 5.41) is 5.10. The van der Waals surface area contributed by atoms with Crippen molar-refractivity contribution in [2.75, 3.05) is 4.90 Å². The average molecular weight is 508 g/mol. The van der Waals surface area contributed by atoms with E-state index in [0.717, 1.165) is 42.8 Å². The zero-order chi connectivity index (χ0) is 25.6. The van der Waals surface area contributed by atoms with Crippen LogP contribution in [-0.2, 0) is 0 Å². The quantitative estimate of drug-likeness (QED) is 0.176. The number of rotatable bonds is 4.